The lowest BCUT2D eigenvalue weighted by Gasteiger charge is -2.33. The molecule has 0 bridgehead atoms. The molecule has 0 saturated carbocycles. The number of aryl methyl sites for hydroxylation is 1. The molecule has 4 rings (SSSR count). The second kappa shape index (κ2) is 11.0. The van der Waals surface area contributed by atoms with E-state index >= 15 is 0 Å². The van der Waals surface area contributed by atoms with E-state index in [-0.39, 0.29) is 17.7 Å². The van der Waals surface area contributed by atoms with Gasteiger partial charge in [-0.1, -0.05) is 29.8 Å². The number of carbonyl (C=O) groups is 2. The minimum absolute atomic E-state index is 0.0441. The maximum absolute atomic E-state index is 12.8. The van der Waals surface area contributed by atoms with Crippen molar-refractivity contribution in [3.05, 3.63) is 77.5 Å². The highest BCUT2D eigenvalue weighted by molar-refractivity contribution is 5.94. The van der Waals surface area contributed by atoms with Gasteiger partial charge in [-0.15, -0.1) is 0 Å². The van der Waals surface area contributed by atoms with Crippen LogP contribution in [-0.4, -0.2) is 53.9 Å². The summed E-state index contributed by atoms with van der Waals surface area (Å²) in [4.78, 5) is 37.6. The number of anilines is 3. The molecule has 8 heteroatoms. The van der Waals surface area contributed by atoms with E-state index in [1.54, 1.807) is 37.3 Å². The van der Waals surface area contributed by atoms with Crippen LogP contribution >= 0.6 is 0 Å². The summed E-state index contributed by atoms with van der Waals surface area (Å²) in [6, 6.07) is 17.3. The molecule has 2 N–H and O–H groups in total. The van der Waals surface area contributed by atoms with Gasteiger partial charge in [0.2, 0.25) is 11.9 Å². The fraction of sp³-hybridized carbons (Fsp3) is 0.333. The van der Waals surface area contributed by atoms with E-state index in [0.29, 0.717) is 24.6 Å². The lowest BCUT2D eigenvalue weighted by atomic mass is 9.97. The van der Waals surface area contributed by atoms with Gasteiger partial charge in [0.1, 0.15) is 5.82 Å². The van der Waals surface area contributed by atoms with Gasteiger partial charge < -0.3 is 20.4 Å². The summed E-state index contributed by atoms with van der Waals surface area (Å²) in [5.41, 5.74) is 3.72. The standard InChI is InChI=1S/C27H32N6O2/c1-19-6-8-20(9-7-19)17-29-25(34)22-5-4-16-33(18-22)24-14-15-28-27(31-24)30-23-12-10-21(11-13-23)26(35)32(2)3/h6-15,22H,4-5,16-18H2,1-3H3,(H,29,34)(H,28,30,31). The summed E-state index contributed by atoms with van der Waals surface area (Å²) in [6.07, 6.45) is 3.51. The summed E-state index contributed by atoms with van der Waals surface area (Å²) in [5.74, 6) is 1.22. The van der Waals surface area contributed by atoms with Gasteiger partial charge in [-0.25, -0.2) is 4.98 Å². The molecule has 8 nitrogen and oxygen atoms in total. The third-order valence-electron chi connectivity index (χ3n) is 6.14. The Hall–Kier alpha value is -3.94. The predicted molar refractivity (Wildman–Crippen MR) is 138 cm³/mol. The zero-order chi connectivity index (χ0) is 24.8. The first-order chi connectivity index (χ1) is 16.9. The van der Waals surface area contributed by atoms with Gasteiger partial charge in [0.15, 0.2) is 0 Å². The van der Waals surface area contributed by atoms with Gasteiger partial charge >= 0.3 is 0 Å². The van der Waals surface area contributed by atoms with Gasteiger partial charge in [0, 0.05) is 51.2 Å². The number of hydrogen-bond donors (Lipinski definition) is 2. The van der Waals surface area contributed by atoms with Crippen molar-refractivity contribution in [1.29, 1.82) is 0 Å². The Morgan fingerprint density at radius 1 is 1.06 bits per heavy atom. The zero-order valence-corrected chi connectivity index (χ0v) is 20.5. The molecule has 1 atom stereocenters. The van der Waals surface area contributed by atoms with E-state index in [1.165, 1.54) is 5.56 Å². The second-order valence-corrected chi connectivity index (χ2v) is 9.13. The Labute approximate surface area is 206 Å². The Balaban J connectivity index is 1.36. The first kappa shape index (κ1) is 24.2. The van der Waals surface area contributed by atoms with E-state index in [4.69, 9.17) is 0 Å². The van der Waals surface area contributed by atoms with Crippen molar-refractivity contribution in [2.75, 3.05) is 37.4 Å². The van der Waals surface area contributed by atoms with E-state index in [1.807, 2.05) is 30.3 Å². The summed E-state index contributed by atoms with van der Waals surface area (Å²) < 4.78 is 0. The number of nitrogens with zero attached hydrogens (tertiary/aromatic N) is 4. The van der Waals surface area contributed by atoms with Crippen LogP contribution in [0.3, 0.4) is 0 Å². The second-order valence-electron chi connectivity index (χ2n) is 9.13. The third kappa shape index (κ3) is 6.35. The van der Waals surface area contributed by atoms with Gasteiger partial charge in [-0.2, -0.15) is 4.98 Å². The molecule has 2 aromatic carbocycles. The smallest absolute Gasteiger partial charge is 0.253 e. The van der Waals surface area contributed by atoms with E-state index in [2.05, 4.69) is 44.6 Å². The van der Waals surface area contributed by atoms with Crippen molar-refractivity contribution in [3.63, 3.8) is 0 Å². The molecule has 1 aliphatic heterocycles. The van der Waals surface area contributed by atoms with Crippen LogP contribution in [0.2, 0.25) is 0 Å². The Kier molecular flexibility index (Phi) is 7.60. The summed E-state index contributed by atoms with van der Waals surface area (Å²) in [6.45, 7) is 4.06. The number of hydrogen-bond acceptors (Lipinski definition) is 6. The molecule has 0 aliphatic carbocycles. The molecule has 182 valence electrons. The fourth-order valence-corrected chi connectivity index (χ4v) is 4.11. The summed E-state index contributed by atoms with van der Waals surface area (Å²) >= 11 is 0. The number of piperidine rings is 1. The number of amides is 2. The van der Waals surface area contributed by atoms with Gasteiger partial charge in [0.25, 0.3) is 5.91 Å². The monoisotopic (exact) mass is 472 g/mol. The van der Waals surface area contributed by atoms with Crippen LogP contribution in [0, 0.1) is 12.8 Å². The summed E-state index contributed by atoms with van der Waals surface area (Å²) in [5, 5.41) is 6.29. The van der Waals surface area contributed by atoms with E-state index in [9.17, 15) is 9.59 Å². The van der Waals surface area contributed by atoms with Crippen molar-refractivity contribution in [2.24, 2.45) is 5.92 Å². The van der Waals surface area contributed by atoms with Gasteiger partial charge in [-0.05, 0) is 55.7 Å². The molecular formula is C27H32N6O2. The number of benzene rings is 2. The quantitative estimate of drug-likeness (QED) is 0.544. The van der Waals surface area contributed by atoms with Gasteiger partial charge in [-0.3, -0.25) is 9.59 Å². The van der Waals surface area contributed by atoms with Crippen molar-refractivity contribution in [2.45, 2.75) is 26.3 Å². The first-order valence-electron chi connectivity index (χ1n) is 11.9. The van der Waals surface area contributed by atoms with Gasteiger partial charge in [0.05, 0.1) is 5.92 Å². The van der Waals surface area contributed by atoms with Crippen LogP contribution < -0.4 is 15.5 Å². The molecule has 3 aromatic rings. The Bertz CT molecular complexity index is 1160. The Morgan fingerprint density at radius 2 is 1.80 bits per heavy atom. The average Bonchev–Trinajstić information content (AvgIpc) is 2.88. The predicted octanol–water partition coefficient (Wildman–Crippen LogP) is 3.76. The van der Waals surface area contributed by atoms with Crippen molar-refractivity contribution < 1.29 is 9.59 Å². The lowest BCUT2D eigenvalue weighted by Crippen LogP contribution is -2.43. The topological polar surface area (TPSA) is 90.5 Å². The molecule has 1 unspecified atom stereocenters. The Morgan fingerprint density at radius 3 is 2.51 bits per heavy atom. The molecule has 35 heavy (non-hydrogen) atoms. The highest BCUT2D eigenvalue weighted by atomic mass is 16.2. The molecule has 1 aromatic heterocycles. The highest BCUT2D eigenvalue weighted by Crippen LogP contribution is 2.23. The van der Waals surface area contributed by atoms with E-state index in [0.717, 1.165) is 36.5 Å². The van der Waals surface area contributed by atoms with Crippen LogP contribution in [0.5, 0.6) is 0 Å². The van der Waals surface area contributed by atoms with Crippen molar-refractivity contribution >= 4 is 29.3 Å². The minimum Gasteiger partial charge on any atom is -0.356 e. The minimum atomic E-state index is -0.0812. The number of carbonyl (C=O) groups excluding carboxylic acids is 2. The van der Waals surface area contributed by atoms with Crippen LogP contribution in [0.15, 0.2) is 60.8 Å². The van der Waals surface area contributed by atoms with E-state index < -0.39 is 0 Å². The van der Waals surface area contributed by atoms with Crippen LogP contribution in [0.1, 0.15) is 34.3 Å². The highest BCUT2D eigenvalue weighted by Gasteiger charge is 2.26. The van der Waals surface area contributed by atoms with Crippen molar-refractivity contribution in [3.8, 4) is 0 Å². The number of nitrogens with one attached hydrogen (secondary N) is 2. The number of rotatable bonds is 7. The normalized spacial score (nSPS) is 15.4. The third-order valence-corrected chi connectivity index (χ3v) is 6.14. The lowest BCUT2D eigenvalue weighted by molar-refractivity contribution is -0.125. The molecule has 0 radical (unpaired) electrons. The molecule has 1 saturated heterocycles. The zero-order valence-electron chi connectivity index (χ0n) is 20.5. The van der Waals surface area contributed by atoms with Crippen molar-refractivity contribution in [1.82, 2.24) is 20.2 Å². The largest absolute Gasteiger partial charge is 0.356 e. The fourth-order valence-electron chi connectivity index (χ4n) is 4.11. The molecule has 2 heterocycles. The molecule has 0 spiro atoms. The van der Waals surface area contributed by atoms with Crippen LogP contribution in [0.25, 0.3) is 0 Å². The number of aromatic nitrogens is 2. The molecule has 2 amide bonds. The molecule has 1 aliphatic rings. The average molecular weight is 473 g/mol. The maximum atomic E-state index is 12.8. The summed E-state index contributed by atoms with van der Waals surface area (Å²) in [7, 11) is 3.46. The maximum Gasteiger partial charge on any atom is 0.253 e. The molecule has 1 fully saturated rings. The van der Waals surface area contributed by atoms with Crippen LogP contribution in [0.4, 0.5) is 17.5 Å². The van der Waals surface area contributed by atoms with Crippen LogP contribution in [-0.2, 0) is 11.3 Å². The SMILES string of the molecule is Cc1ccc(CNC(=O)C2CCCN(c3ccnc(Nc4ccc(C(=O)N(C)C)cc4)n3)C2)cc1. The first-order valence-corrected chi connectivity index (χ1v) is 11.9. The molecular weight excluding hydrogens is 440 g/mol.